The van der Waals surface area contributed by atoms with Crippen LogP contribution in [0.1, 0.15) is 0 Å². The maximum atomic E-state index is 13.2. The molecule has 1 heterocycles. The highest BCUT2D eigenvalue weighted by molar-refractivity contribution is 8.00. The SMILES string of the molecule is O=C(CSc1ccc(F)c(F)c1)N1CCN(S(=O)(=O)c2ccc(F)cc2)CC1. The Hall–Kier alpha value is -2.04. The van der Waals surface area contributed by atoms with E-state index in [0.717, 1.165) is 36.0 Å². The van der Waals surface area contributed by atoms with Gasteiger partial charge in [-0.05, 0) is 42.5 Å². The van der Waals surface area contributed by atoms with Crippen molar-refractivity contribution in [3.05, 3.63) is 59.9 Å². The number of benzene rings is 2. The number of hydrogen-bond donors (Lipinski definition) is 0. The number of nitrogens with zero attached hydrogens (tertiary/aromatic N) is 2. The summed E-state index contributed by atoms with van der Waals surface area (Å²) in [7, 11) is -3.75. The molecule has 1 fully saturated rings. The van der Waals surface area contributed by atoms with Crippen LogP contribution in [0.5, 0.6) is 0 Å². The summed E-state index contributed by atoms with van der Waals surface area (Å²) in [5.41, 5.74) is 0. The van der Waals surface area contributed by atoms with E-state index in [0.29, 0.717) is 4.90 Å². The van der Waals surface area contributed by atoms with Crippen LogP contribution < -0.4 is 0 Å². The number of thioether (sulfide) groups is 1. The first kappa shape index (κ1) is 20.7. The first-order valence-corrected chi connectivity index (χ1v) is 10.8. The van der Waals surface area contributed by atoms with Gasteiger partial charge in [0.1, 0.15) is 5.82 Å². The first-order chi connectivity index (χ1) is 13.3. The predicted molar refractivity (Wildman–Crippen MR) is 98.8 cm³/mol. The van der Waals surface area contributed by atoms with Gasteiger partial charge in [0.25, 0.3) is 0 Å². The molecule has 0 aromatic heterocycles. The van der Waals surface area contributed by atoms with Crippen molar-refractivity contribution in [1.82, 2.24) is 9.21 Å². The summed E-state index contributed by atoms with van der Waals surface area (Å²) in [5.74, 6) is -2.62. The molecule has 0 spiro atoms. The van der Waals surface area contributed by atoms with Crippen molar-refractivity contribution in [2.45, 2.75) is 9.79 Å². The quantitative estimate of drug-likeness (QED) is 0.685. The van der Waals surface area contributed by atoms with Gasteiger partial charge < -0.3 is 4.90 Å². The molecule has 10 heteroatoms. The maximum Gasteiger partial charge on any atom is 0.243 e. The van der Waals surface area contributed by atoms with E-state index < -0.39 is 27.5 Å². The van der Waals surface area contributed by atoms with E-state index in [2.05, 4.69) is 0 Å². The fourth-order valence-corrected chi connectivity index (χ4v) is 4.98. The second-order valence-electron chi connectivity index (χ2n) is 6.10. The molecule has 0 radical (unpaired) electrons. The molecule has 1 saturated heterocycles. The monoisotopic (exact) mass is 430 g/mol. The standard InChI is InChI=1S/C18H17F3N2O3S2/c19-13-1-4-15(5-2-13)28(25,26)23-9-7-22(8-10-23)18(24)12-27-14-3-6-16(20)17(21)11-14/h1-6,11H,7-10,12H2. The van der Waals surface area contributed by atoms with E-state index in [9.17, 15) is 26.4 Å². The molecule has 0 bridgehead atoms. The van der Waals surface area contributed by atoms with Crippen LogP contribution in [0, 0.1) is 17.5 Å². The van der Waals surface area contributed by atoms with Gasteiger partial charge in [0.05, 0.1) is 10.6 Å². The Morgan fingerprint density at radius 3 is 2.18 bits per heavy atom. The Labute approximate surface area is 165 Å². The van der Waals surface area contributed by atoms with E-state index in [1.165, 1.54) is 27.4 Å². The number of rotatable bonds is 5. The average Bonchev–Trinajstić information content (AvgIpc) is 2.69. The smallest absolute Gasteiger partial charge is 0.243 e. The van der Waals surface area contributed by atoms with Crippen LogP contribution in [0.3, 0.4) is 0 Å². The first-order valence-electron chi connectivity index (χ1n) is 8.39. The normalized spacial score (nSPS) is 15.6. The number of carbonyl (C=O) groups excluding carboxylic acids is 1. The molecule has 1 aliphatic rings. The third-order valence-electron chi connectivity index (χ3n) is 4.30. The number of carbonyl (C=O) groups is 1. The molecule has 28 heavy (non-hydrogen) atoms. The van der Waals surface area contributed by atoms with Gasteiger partial charge in [0.15, 0.2) is 11.6 Å². The summed E-state index contributed by atoms with van der Waals surface area (Å²) >= 11 is 1.08. The van der Waals surface area contributed by atoms with Crippen molar-refractivity contribution < 1.29 is 26.4 Å². The van der Waals surface area contributed by atoms with Crippen molar-refractivity contribution in [1.29, 1.82) is 0 Å². The van der Waals surface area contributed by atoms with Crippen LogP contribution in [-0.2, 0) is 14.8 Å². The summed E-state index contributed by atoms with van der Waals surface area (Å²) in [5, 5.41) is 0. The van der Waals surface area contributed by atoms with Crippen LogP contribution >= 0.6 is 11.8 Å². The van der Waals surface area contributed by atoms with Crippen molar-refractivity contribution in [2.24, 2.45) is 0 Å². The van der Waals surface area contributed by atoms with E-state index in [4.69, 9.17) is 0 Å². The third-order valence-corrected chi connectivity index (χ3v) is 7.19. The Balaban J connectivity index is 1.55. The van der Waals surface area contributed by atoms with Crippen molar-refractivity contribution >= 4 is 27.7 Å². The zero-order valence-electron chi connectivity index (χ0n) is 14.6. The molecule has 0 aliphatic carbocycles. The summed E-state index contributed by atoms with van der Waals surface area (Å²) in [6.45, 7) is 0.692. The minimum atomic E-state index is -3.75. The van der Waals surface area contributed by atoms with Gasteiger partial charge in [0.2, 0.25) is 15.9 Å². The number of piperazine rings is 1. The van der Waals surface area contributed by atoms with E-state index >= 15 is 0 Å². The molecule has 1 amide bonds. The molecular formula is C18H17F3N2O3S2. The summed E-state index contributed by atoms with van der Waals surface area (Å²) in [6.07, 6.45) is 0. The molecule has 0 saturated carbocycles. The van der Waals surface area contributed by atoms with Gasteiger partial charge in [-0.1, -0.05) is 0 Å². The van der Waals surface area contributed by atoms with Crippen LogP contribution in [0.25, 0.3) is 0 Å². The lowest BCUT2D eigenvalue weighted by Gasteiger charge is -2.34. The Morgan fingerprint density at radius 2 is 1.57 bits per heavy atom. The van der Waals surface area contributed by atoms with Crippen LogP contribution in [0.2, 0.25) is 0 Å². The zero-order valence-corrected chi connectivity index (χ0v) is 16.3. The molecule has 2 aromatic carbocycles. The second-order valence-corrected chi connectivity index (χ2v) is 9.09. The fraction of sp³-hybridized carbons (Fsp3) is 0.278. The maximum absolute atomic E-state index is 13.2. The molecule has 0 N–H and O–H groups in total. The van der Waals surface area contributed by atoms with Gasteiger partial charge in [-0.3, -0.25) is 4.79 Å². The number of amides is 1. The van der Waals surface area contributed by atoms with Gasteiger partial charge in [-0.25, -0.2) is 21.6 Å². The third kappa shape index (κ3) is 4.68. The highest BCUT2D eigenvalue weighted by atomic mass is 32.2. The molecule has 3 rings (SSSR count). The molecule has 2 aromatic rings. The molecular weight excluding hydrogens is 413 g/mol. The highest BCUT2D eigenvalue weighted by Crippen LogP contribution is 2.22. The Bertz CT molecular complexity index is 961. The topological polar surface area (TPSA) is 57.7 Å². The van der Waals surface area contributed by atoms with Gasteiger partial charge in [0, 0.05) is 31.1 Å². The number of halogens is 3. The number of hydrogen-bond acceptors (Lipinski definition) is 4. The summed E-state index contributed by atoms with van der Waals surface area (Å²) in [4.78, 5) is 14.3. The van der Waals surface area contributed by atoms with E-state index in [-0.39, 0.29) is 42.7 Å². The largest absolute Gasteiger partial charge is 0.339 e. The average molecular weight is 430 g/mol. The summed E-state index contributed by atoms with van der Waals surface area (Å²) < 4.78 is 65.5. The molecule has 0 unspecified atom stereocenters. The molecule has 1 aliphatic heterocycles. The van der Waals surface area contributed by atoms with Crippen molar-refractivity contribution in [3.63, 3.8) is 0 Å². The van der Waals surface area contributed by atoms with Crippen LogP contribution in [0.15, 0.2) is 52.3 Å². The van der Waals surface area contributed by atoms with E-state index in [1.807, 2.05) is 0 Å². The lowest BCUT2D eigenvalue weighted by Crippen LogP contribution is -2.50. The predicted octanol–water partition coefficient (Wildman–Crippen LogP) is 2.73. The van der Waals surface area contributed by atoms with Crippen LogP contribution in [0.4, 0.5) is 13.2 Å². The lowest BCUT2D eigenvalue weighted by molar-refractivity contribution is -0.129. The van der Waals surface area contributed by atoms with Crippen molar-refractivity contribution in [2.75, 3.05) is 31.9 Å². The Morgan fingerprint density at radius 1 is 0.929 bits per heavy atom. The zero-order chi connectivity index (χ0) is 20.3. The molecule has 150 valence electrons. The Kier molecular flexibility index (Phi) is 6.31. The molecule has 5 nitrogen and oxygen atoms in total. The van der Waals surface area contributed by atoms with Crippen LogP contribution in [-0.4, -0.2) is 55.5 Å². The van der Waals surface area contributed by atoms with Gasteiger partial charge in [-0.2, -0.15) is 4.31 Å². The van der Waals surface area contributed by atoms with Crippen molar-refractivity contribution in [3.8, 4) is 0 Å². The summed E-state index contributed by atoms with van der Waals surface area (Å²) in [6, 6.07) is 8.01. The fourth-order valence-electron chi connectivity index (χ4n) is 2.74. The number of sulfonamides is 1. The highest BCUT2D eigenvalue weighted by Gasteiger charge is 2.30. The van der Waals surface area contributed by atoms with Gasteiger partial charge >= 0.3 is 0 Å². The second kappa shape index (κ2) is 8.54. The molecule has 0 atom stereocenters. The minimum absolute atomic E-state index is 0.00238. The van der Waals surface area contributed by atoms with Gasteiger partial charge in [-0.15, -0.1) is 11.8 Å². The van der Waals surface area contributed by atoms with E-state index in [1.54, 1.807) is 0 Å². The minimum Gasteiger partial charge on any atom is -0.339 e. The lowest BCUT2D eigenvalue weighted by atomic mass is 10.3.